The Bertz CT molecular complexity index is 1210. The Kier molecular flexibility index (Phi) is 5.41. The van der Waals surface area contributed by atoms with Crippen LogP contribution < -0.4 is 9.84 Å². The Morgan fingerprint density at radius 2 is 2.13 bits per heavy atom. The average Bonchev–Trinajstić information content (AvgIpc) is 3.34. The number of hydrogen-bond donors (Lipinski definition) is 0. The zero-order valence-electron chi connectivity index (χ0n) is 16.3. The van der Waals surface area contributed by atoms with Crippen molar-refractivity contribution in [3.8, 4) is 28.6 Å². The fraction of sp³-hybridized carbons (Fsp3) is 0.238. The van der Waals surface area contributed by atoms with Crippen LogP contribution in [-0.4, -0.2) is 32.0 Å². The summed E-state index contributed by atoms with van der Waals surface area (Å²) < 4.78 is 12.7. The first-order valence-electron chi connectivity index (χ1n) is 9.37. The minimum absolute atomic E-state index is 0.0107. The normalized spacial score (nSPS) is 11.3. The molecule has 0 bridgehead atoms. The summed E-state index contributed by atoms with van der Waals surface area (Å²) in [6.07, 6.45) is 1.55. The second-order valence-electron chi connectivity index (χ2n) is 6.96. The Morgan fingerprint density at radius 3 is 2.87 bits per heavy atom. The van der Waals surface area contributed by atoms with Crippen LogP contribution in [0.25, 0.3) is 33.7 Å². The highest BCUT2D eigenvalue weighted by molar-refractivity contribution is 6.32. The minimum Gasteiger partial charge on any atom is -0.550 e. The van der Waals surface area contributed by atoms with Gasteiger partial charge >= 0.3 is 0 Å². The first-order valence-corrected chi connectivity index (χ1v) is 9.75. The molecule has 0 saturated carbocycles. The molecule has 0 aliphatic rings. The van der Waals surface area contributed by atoms with Gasteiger partial charge in [-0.2, -0.15) is 10.1 Å². The third-order valence-corrected chi connectivity index (χ3v) is 4.72. The second kappa shape index (κ2) is 8.16. The quantitative estimate of drug-likeness (QED) is 0.447. The van der Waals surface area contributed by atoms with Crippen LogP contribution in [0.15, 0.2) is 47.1 Å². The lowest BCUT2D eigenvalue weighted by Crippen LogP contribution is -2.23. The third kappa shape index (κ3) is 3.99. The average molecular weight is 426 g/mol. The zero-order chi connectivity index (χ0) is 21.3. The summed E-state index contributed by atoms with van der Waals surface area (Å²) in [7, 11) is 0. The van der Waals surface area contributed by atoms with Crippen molar-refractivity contribution in [2.75, 3.05) is 0 Å². The lowest BCUT2D eigenvalue weighted by molar-refractivity contribution is -0.305. The number of aryl methyl sites for hydroxylation is 1. The molecule has 2 heterocycles. The van der Waals surface area contributed by atoms with Crippen LogP contribution in [0, 0.1) is 0 Å². The molecule has 0 aliphatic carbocycles. The number of nitrogens with zero attached hydrogens (tertiary/aromatic N) is 4. The number of hydrogen-bond acceptors (Lipinski definition) is 7. The standard InChI is InChI=1S/C21H19ClN4O4/c1-12(2)29-18-7-6-13(10-16(18)22)21-24-20(25-30-21)14-4-3-5-17-15(14)11-23-26(17)9-8-19(27)28/h3-7,10-12H,8-9H2,1-2H3,(H,27,28)/p-1. The maximum absolute atomic E-state index is 10.8. The van der Waals surface area contributed by atoms with Gasteiger partial charge in [0.15, 0.2) is 0 Å². The first-order chi connectivity index (χ1) is 14.4. The van der Waals surface area contributed by atoms with Gasteiger partial charge in [-0.15, -0.1) is 0 Å². The van der Waals surface area contributed by atoms with Crippen LogP contribution in [0.4, 0.5) is 0 Å². The van der Waals surface area contributed by atoms with E-state index in [0.717, 1.165) is 16.5 Å². The van der Waals surface area contributed by atoms with Crippen LogP contribution >= 0.6 is 11.6 Å². The van der Waals surface area contributed by atoms with Crippen LogP contribution in [0.5, 0.6) is 5.75 Å². The highest BCUT2D eigenvalue weighted by Crippen LogP contribution is 2.32. The van der Waals surface area contributed by atoms with Crippen molar-refractivity contribution in [1.82, 2.24) is 19.9 Å². The maximum Gasteiger partial charge on any atom is 0.258 e. The van der Waals surface area contributed by atoms with Gasteiger partial charge in [0.1, 0.15) is 5.75 Å². The van der Waals surface area contributed by atoms with Crippen molar-refractivity contribution >= 4 is 28.5 Å². The molecule has 0 amide bonds. The molecule has 154 valence electrons. The number of aliphatic carboxylic acids is 1. The Hall–Kier alpha value is -3.39. The van der Waals surface area contributed by atoms with Crippen LogP contribution in [0.2, 0.25) is 5.02 Å². The van der Waals surface area contributed by atoms with E-state index in [0.29, 0.717) is 28.1 Å². The van der Waals surface area contributed by atoms with Gasteiger partial charge in [0.05, 0.1) is 22.8 Å². The molecule has 2 aromatic heterocycles. The summed E-state index contributed by atoms with van der Waals surface area (Å²) in [6, 6.07) is 10.8. The molecular formula is C21H18ClN4O4-. The fourth-order valence-corrected chi connectivity index (χ4v) is 3.33. The van der Waals surface area contributed by atoms with Crippen LogP contribution in [-0.2, 0) is 11.3 Å². The number of aromatic nitrogens is 4. The van der Waals surface area contributed by atoms with Crippen molar-refractivity contribution in [2.24, 2.45) is 0 Å². The largest absolute Gasteiger partial charge is 0.550 e. The monoisotopic (exact) mass is 425 g/mol. The third-order valence-electron chi connectivity index (χ3n) is 4.42. The number of carbonyl (C=O) groups is 1. The number of fused-ring (bicyclic) bond motifs is 1. The molecule has 0 spiro atoms. The van der Waals surface area contributed by atoms with E-state index in [2.05, 4.69) is 15.2 Å². The Morgan fingerprint density at radius 1 is 1.30 bits per heavy atom. The molecule has 0 N–H and O–H groups in total. The molecule has 4 aromatic rings. The molecule has 4 rings (SSSR count). The van der Waals surface area contributed by atoms with Crippen molar-refractivity contribution in [3.63, 3.8) is 0 Å². The van der Waals surface area contributed by atoms with E-state index >= 15 is 0 Å². The summed E-state index contributed by atoms with van der Waals surface area (Å²) in [5.74, 6) is 0.183. The number of carbonyl (C=O) groups excluding carboxylic acids is 1. The van der Waals surface area contributed by atoms with Gasteiger partial charge in [0, 0.05) is 35.4 Å². The molecule has 0 saturated heterocycles. The first kappa shape index (κ1) is 19.9. The summed E-state index contributed by atoms with van der Waals surface area (Å²) in [4.78, 5) is 15.2. The van der Waals surface area contributed by atoms with E-state index in [-0.39, 0.29) is 19.1 Å². The highest BCUT2D eigenvalue weighted by atomic mass is 35.5. The number of benzene rings is 2. The summed E-state index contributed by atoms with van der Waals surface area (Å²) >= 11 is 6.31. The number of rotatable bonds is 7. The zero-order valence-corrected chi connectivity index (χ0v) is 17.1. The van der Waals surface area contributed by atoms with Gasteiger partial charge in [-0.3, -0.25) is 4.68 Å². The van der Waals surface area contributed by atoms with Gasteiger partial charge in [0.2, 0.25) is 5.82 Å². The molecule has 8 nitrogen and oxygen atoms in total. The molecular weight excluding hydrogens is 408 g/mol. The van der Waals surface area contributed by atoms with Gasteiger partial charge in [-0.25, -0.2) is 0 Å². The van der Waals surface area contributed by atoms with Crippen molar-refractivity contribution in [1.29, 1.82) is 0 Å². The van der Waals surface area contributed by atoms with Crippen molar-refractivity contribution in [2.45, 2.75) is 32.9 Å². The minimum atomic E-state index is -1.12. The van der Waals surface area contributed by atoms with E-state index in [1.54, 1.807) is 29.1 Å². The highest BCUT2D eigenvalue weighted by Gasteiger charge is 2.16. The fourth-order valence-electron chi connectivity index (χ4n) is 3.11. The van der Waals surface area contributed by atoms with Crippen LogP contribution in [0.1, 0.15) is 20.3 Å². The summed E-state index contributed by atoms with van der Waals surface area (Å²) in [6.45, 7) is 4.07. The number of halogens is 1. The van der Waals surface area contributed by atoms with Gasteiger partial charge in [-0.1, -0.05) is 28.9 Å². The summed E-state index contributed by atoms with van der Waals surface area (Å²) in [5, 5.41) is 20.4. The Labute approximate surface area is 177 Å². The van der Waals surface area contributed by atoms with E-state index in [9.17, 15) is 9.90 Å². The predicted octanol–water partition coefficient (Wildman–Crippen LogP) is 3.33. The number of ether oxygens (including phenoxy) is 1. The summed E-state index contributed by atoms with van der Waals surface area (Å²) in [5.41, 5.74) is 2.18. The molecule has 30 heavy (non-hydrogen) atoms. The van der Waals surface area contributed by atoms with Gasteiger partial charge in [0.25, 0.3) is 5.89 Å². The molecule has 0 radical (unpaired) electrons. The lowest BCUT2D eigenvalue weighted by atomic mass is 10.1. The number of carboxylic acid groups (broad SMARTS) is 1. The van der Waals surface area contributed by atoms with Crippen molar-refractivity contribution in [3.05, 3.63) is 47.6 Å². The molecule has 0 atom stereocenters. The van der Waals surface area contributed by atoms with E-state index in [1.807, 2.05) is 32.0 Å². The molecule has 0 fully saturated rings. The second-order valence-corrected chi connectivity index (χ2v) is 7.37. The predicted molar refractivity (Wildman–Crippen MR) is 109 cm³/mol. The topological polar surface area (TPSA) is 106 Å². The maximum atomic E-state index is 10.8. The smallest absolute Gasteiger partial charge is 0.258 e. The molecule has 9 heteroatoms. The Balaban J connectivity index is 1.65. The molecule has 0 aliphatic heterocycles. The van der Waals surface area contributed by atoms with Gasteiger partial charge in [-0.05, 0) is 38.1 Å². The van der Waals surface area contributed by atoms with Crippen LogP contribution in [0.3, 0.4) is 0 Å². The van der Waals surface area contributed by atoms with Gasteiger partial charge < -0.3 is 19.2 Å². The van der Waals surface area contributed by atoms with E-state index in [1.165, 1.54) is 0 Å². The molecule has 0 unspecified atom stereocenters. The van der Waals surface area contributed by atoms with E-state index in [4.69, 9.17) is 20.9 Å². The molecule has 2 aromatic carbocycles. The van der Waals surface area contributed by atoms with Crippen molar-refractivity contribution < 1.29 is 19.2 Å². The number of carboxylic acids is 1. The lowest BCUT2D eigenvalue weighted by Gasteiger charge is -2.11. The SMILES string of the molecule is CC(C)Oc1ccc(-c2nc(-c3cccc4c3cnn4CCC(=O)[O-])no2)cc1Cl. The van der Waals surface area contributed by atoms with E-state index < -0.39 is 5.97 Å².